The first-order valence-electron chi connectivity index (χ1n) is 16.3. The van der Waals surface area contributed by atoms with E-state index in [1.165, 1.54) is 10.5 Å². The SMILES string of the molecule is COc1ccc([C@@H](CCCNC(=O)c2cc(C)on2)N2C(=O)c3cccc(N4CCN(C(C)c5ccccc5)CC4)c3C2=O)cc1OC. The first-order valence-corrected chi connectivity index (χ1v) is 16.3. The van der Waals surface area contributed by atoms with Crippen molar-refractivity contribution in [3.8, 4) is 11.5 Å². The predicted octanol–water partition coefficient (Wildman–Crippen LogP) is 5.43. The molecule has 3 aromatic carbocycles. The number of piperazine rings is 1. The van der Waals surface area contributed by atoms with Crippen LogP contribution in [0.3, 0.4) is 0 Å². The van der Waals surface area contributed by atoms with Crippen LogP contribution in [0.25, 0.3) is 0 Å². The molecule has 250 valence electrons. The predicted molar refractivity (Wildman–Crippen MR) is 181 cm³/mol. The number of amides is 3. The monoisotopic (exact) mass is 651 g/mol. The number of anilines is 1. The van der Waals surface area contributed by atoms with E-state index in [9.17, 15) is 14.4 Å². The van der Waals surface area contributed by atoms with Crippen LogP contribution in [0.5, 0.6) is 11.5 Å². The second-order valence-electron chi connectivity index (χ2n) is 12.1. The molecule has 4 aromatic rings. The molecule has 0 radical (unpaired) electrons. The van der Waals surface area contributed by atoms with Gasteiger partial charge in [0.25, 0.3) is 17.7 Å². The minimum absolute atomic E-state index is 0.201. The topological polar surface area (TPSA) is 117 Å². The molecule has 3 heterocycles. The molecular weight excluding hydrogens is 610 g/mol. The van der Waals surface area contributed by atoms with Crippen LogP contribution < -0.4 is 19.7 Å². The zero-order valence-electron chi connectivity index (χ0n) is 27.8. The lowest BCUT2D eigenvalue weighted by Crippen LogP contribution is -2.47. The van der Waals surface area contributed by atoms with Crippen LogP contribution >= 0.6 is 0 Å². The van der Waals surface area contributed by atoms with Gasteiger partial charge in [0.05, 0.1) is 37.1 Å². The molecule has 1 aromatic heterocycles. The standard InChI is InChI=1S/C37H41N5O6/c1-24-22-29(39-48-24)35(43)38-17-9-14-30(27-15-16-32(46-3)33(23-27)47-4)42-36(44)28-12-8-13-31(34(28)37(42)45)41-20-18-40(19-21-41)25(2)26-10-6-5-7-11-26/h5-8,10-13,15-16,22-23,25,30H,9,14,17-21H2,1-4H3,(H,38,43)/t25?,30-/m1/s1. The molecule has 0 aliphatic carbocycles. The quantitative estimate of drug-likeness (QED) is 0.158. The van der Waals surface area contributed by atoms with Gasteiger partial charge < -0.3 is 24.2 Å². The third kappa shape index (κ3) is 6.50. The largest absolute Gasteiger partial charge is 0.493 e. The van der Waals surface area contributed by atoms with Crippen molar-refractivity contribution in [2.45, 2.75) is 38.8 Å². The number of ether oxygens (including phenoxy) is 2. The minimum atomic E-state index is -0.611. The highest BCUT2D eigenvalue weighted by atomic mass is 16.5. The summed E-state index contributed by atoms with van der Waals surface area (Å²) in [4.78, 5) is 47.1. The summed E-state index contributed by atoms with van der Waals surface area (Å²) in [5.41, 5.74) is 3.82. The summed E-state index contributed by atoms with van der Waals surface area (Å²) in [6, 6.07) is 22.7. The van der Waals surface area contributed by atoms with Gasteiger partial charge in [0.1, 0.15) is 5.76 Å². The Morgan fingerprint density at radius 1 is 0.896 bits per heavy atom. The molecule has 6 rings (SSSR count). The lowest BCUT2D eigenvalue weighted by Gasteiger charge is -2.39. The van der Waals surface area contributed by atoms with Crippen LogP contribution in [0, 0.1) is 6.92 Å². The van der Waals surface area contributed by atoms with Crippen molar-refractivity contribution in [2.75, 3.05) is 51.8 Å². The van der Waals surface area contributed by atoms with E-state index in [1.807, 2.05) is 24.3 Å². The van der Waals surface area contributed by atoms with Crippen molar-refractivity contribution in [1.29, 1.82) is 0 Å². The van der Waals surface area contributed by atoms with Crippen LogP contribution in [0.15, 0.2) is 77.3 Å². The van der Waals surface area contributed by atoms with Crippen LogP contribution in [0.4, 0.5) is 5.69 Å². The molecule has 1 fully saturated rings. The molecule has 2 aliphatic heterocycles. The number of carbonyl (C=O) groups is 3. The number of aryl methyl sites for hydroxylation is 1. The smallest absolute Gasteiger partial charge is 0.273 e. The van der Waals surface area contributed by atoms with E-state index in [0.717, 1.165) is 37.4 Å². The van der Waals surface area contributed by atoms with Gasteiger partial charge in [-0.15, -0.1) is 0 Å². The van der Waals surface area contributed by atoms with Crippen molar-refractivity contribution in [1.82, 2.24) is 20.3 Å². The number of rotatable bonds is 12. The summed E-state index contributed by atoms with van der Waals surface area (Å²) in [5.74, 6) is 0.568. The van der Waals surface area contributed by atoms with Crippen molar-refractivity contribution in [3.63, 3.8) is 0 Å². The first-order chi connectivity index (χ1) is 23.3. The molecule has 1 unspecified atom stereocenters. The van der Waals surface area contributed by atoms with Crippen LogP contribution in [0.2, 0.25) is 0 Å². The summed E-state index contributed by atoms with van der Waals surface area (Å²) in [6.07, 6.45) is 0.897. The number of hydrogen-bond donors (Lipinski definition) is 1. The zero-order valence-corrected chi connectivity index (χ0v) is 27.8. The average Bonchev–Trinajstić information content (AvgIpc) is 3.68. The van der Waals surface area contributed by atoms with E-state index in [2.05, 4.69) is 51.5 Å². The molecule has 1 N–H and O–H groups in total. The second-order valence-corrected chi connectivity index (χ2v) is 12.1. The summed E-state index contributed by atoms with van der Waals surface area (Å²) in [5, 5.41) is 6.63. The van der Waals surface area contributed by atoms with Gasteiger partial charge in [-0.3, -0.25) is 24.2 Å². The van der Waals surface area contributed by atoms with Crippen LogP contribution in [-0.2, 0) is 0 Å². The van der Waals surface area contributed by atoms with E-state index in [-0.39, 0.29) is 29.5 Å². The zero-order chi connectivity index (χ0) is 33.8. The summed E-state index contributed by atoms with van der Waals surface area (Å²) in [6.45, 7) is 7.39. The Hall–Kier alpha value is -5.16. The lowest BCUT2D eigenvalue weighted by atomic mass is 9.99. The number of benzene rings is 3. The van der Waals surface area contributed by atoms with Crippen molar-refractivity contribution in [3.05, 3.63) is 107 Å². The van der Waals surface area contributed by atoms with Crippen LogP contribution in [0.1, 0.15) is 79.9 Å². The highest BCUT2D eigenvalue weighted by Crippen LogP contribution is 2.40. The third-order valence-electron chi connectivity index (χ3n) is 9.31. The Morgan fingerprint density at radius 2 is 1.65 bits per heavy atom. The van der Waals surface area contributed by atoms with Crippen molar-refractivity contribution < 1.29 is 28.4 Å². The lowest BCUT2D eigenvalue weighted by molar-refractivity contribution is 0.0570. The molecule has 11 nitrogen and oxygen atoms in total. The number of nitrogens with one attached hydrogen (secondary N) is 1. The van der Waals surface area contributed by atoms with Gasteiger partial charge in [0.2, 0.25) is 0 Å². The first kappa shape index (κ1) is 32.8. The van der Waals surface area contributed by atoms with Gasteiger partial charge >= 0.3 is 0 Å². The van der Waals surface area contributed by atoms with Gasteiger partial charge in [-0.25, -0.2) is 0 Å². The fourth-order valence-electron chi connectivity index (χ4n) is 6.69. The summed E-state index contributed by atoms with van der Waals surface area (Å²) >= 11 is 0. The fourth-order valence-corrected chi connectivity index (χ4v) is 6.69. The maximum absolute atomic E-state index is 14.4. The number of fused-ring (bicyclic) bond motifs is 1. The molecule has 2 atom stereocenters. The Bertz CT molecular complexity index is 1780. The summed E-state index contributed by atoms with van der Waals surface area (Å²) < 4.78 is 16.0. The Balaban J connectivity index is 1.22. The maximum atomic E-state index is 14.4. The number of carbonyl (C=O) groups excluding carboxylic acids is 3. The average molecular weight is 652 g/mol. The molecule has 1 saturated heterocycles. The number of imide groups is 1. The number of nitrogens with zero attached hydrogens (tertiary/aromatic N) is 4. The number of methoxy groups -OCH3 is 2. The molecule has 11 heteroatoms. The van der Waals surface area contributed by atoms with Gasteiger partial charge in [-0.2, -0.15) is 0 Å². The third-order valence-corrected chi connectivity index (χ3v) is 9.31. The van der Waals surface area contributed by atoms with Gasteiger partial charge in [-0.05, 0) is 62.1 Å². The Labute approximate surface area is 280 Å². The molecule has 2 aliphatic rings. The molecule has 0 spiro atoms. The normalized spacial score (nSPS) is 16.1. The van der Waals surface area contributed by atoms with Gasteiger partial charge in [0, 0.05) is 44.8 Å². The van der Waals surface area contributed by atoms with Crippen molar-refractivity contribution in [2.24, 2.45) is 0 Å². The summed E-state index contributed by atoms with van der Waals surface area (Å²) in [7, 11) is 3.11. The number of hydrogen-bond acceptors (Lipinski definition) is 9. The molecule has 0 bridgehead atoms. The highest BCUT2D eigenvalue weighted by Gasteiger charge is 2.43. The molecule has 0 saturated carbocycles. The van der Waals surface area contributed by atoms with Crippen molar-refractivity contribution >= 4 is 23.4 Å². The second kappa shape index (κ2) is 14.3. The molecule has 48 heavy (non-hydrogen) atoms. The van der Waals surface area contributed by atoms with Gasteiger partial charge in [-0.1, -0.05) is 47.6 Å². The molecule has 3 amide bonds. The number of aromatic nitrogens is 1. The fraction of sp³-hybridized carbons (Fsp3) is 0.351. The highest BCUT2D eigenvalue weighted by molar-refractivity contribution is 6.24. The van der Waals surface area contributed by atoms with E-state index in [4.69, 9.17) is 14.0 Å². The minimum Gasteiger partial charge on any atom is -0.493 e. The van der Waals surface area contributed by atoms with Crippen LogP contribution in [-0.4, -0.2) is 79.6 Å². The van der Waals surface area contributed by atoms with E-state index in [0.29, 0.717) is 47.8 Å². The molecular formula is C37H41N5O6. The maximum Gasteiger partial charge on any atom is 0.273 e. The van der Waals surface area contributed by atoms with Gasteiger partial charge in [0.15, 0.2) is 17.2 Å². The van der Waals surface area contributed by atoms with E-state index in [1.54, 1.807) is 45.4 Å². The van der Waals surface area contributed by atoms with E-state index >= 15 is 0 Å². The van der Waals surface area contributed by atoms with E-state index < -0.39 is 6.04 Å². The Morgan fingerprint density at radius 3 is 2.33 bits per heavy atom. The Kier molecular flexibility index (Phi) is 9.77.